The molecule has 1 aliphatic heterocycles. The fourth-order valence-corrected chi connectivity index (χ4v) is 4.60. The summed E-state index contributed by atoms with van der Waals surface area (Å²) < 4.78 is 5.33. The highest BCUT2D eigenvalue weighted by Crippen LogP contribution is 2.40. The Kier molecular flexibility index (Phi) is 4.77. The van der Waals surface area contributed by atoms with Crippen LogP contribution in [0.4, 0.5) is 0 Å². The van der Waals surface area contributed by atoms with Crippen LogP contribution in [0, 0.1) is 0 Å². The Balaban J connectivity index is 1.59. The largest absolute Gasteiger partial charge is 0.497 e. The second kappa shape index (κ2) is 7.20. The van der Waals surface area contributed by atoms with Gasteiger partial charge in [-0.25, -0.2) is 0 Å². The van der Waals surface area contributed by atoms with Crippen molar-refractivity contribution in [2.75, 3.05) is 20.2 Å². The highest BCUT2D eigenvalue weighted by atomic mass is 16.5. The van der Waals surface area contributed by atoms with Gasteiger partial charge in [-0.2, -0.15) is 0 Å². The van der Waals surface area contributed by atoms with Crippen molar-refractivity contribution in [2.45, 2.75) is 44.1 Å². The fourth-order valence-electron chi connectivity index (χ4n) is 4.60. The SMILES string of the molecule is COc1ccc2c(c1)CC[C@@]1(CCCCN1CCc1cccnc1)C2=O. The third kappa shape index (κ3) is 3.03. The van der Waals surface area contributed by atoms with Crippen LogP contribution in [0.25, 0.3) is 0 Å². The monoisotopic (exact) mass is 350 g/mol. The summed E-state index contributed by atoms with van der Waals surface area (Å²) in [6.07, 6.45) is 9.84. The summed E-state index contributed by atoms with van der Waals surface area (Å²) in [5.41, 5.74) is 2.95. The molecule has 1 fully saturated rings. The molecule has 136 valence electrons. The van der Waals surface area contributed by atoms with E-state index in [0.29, 0.717) is 5.78 Å². The second-order valence-electron chi connectivity index (χ2n) is 7.44. The molecule has 2 aromatic rings. The van der Waals surface area contributed by atoms with Gasteiger partial charge in [0.05, 0.1) is 12.6 Å². The highest BCUT2D eigenvalue weighted by Gasteiger charge is 2.47. The first-order valence-corrected chi connectivity index (χ1v) is 9.59. The lowest BCUT2D eigenvalue weighted by molar-refractivity contribution is 0.0298. The lowest BCUT2D eigenvalue weighted by Gasteiger charge is -2.48. The van der Waals surface area contributed by atoms with Crippen molar-refractivity contribution in [3.05, 3.63) is 59.4 Å². The number of piperidine rings is 1. The average Bonchev–Trinajstić information content (AvgIpc) is 2.70. The Morgan fingerprint density at radius 1 is 1.23 bits per heavy atom. The average molecular weight is 350 g/mol. The molecule has 0 radical (unpaired) electrons. The van der Waals surface area contributed by atoms with Crippen molar-refractivity contribution in [1.82, 2.24) is 9.88 Å². The molecule has 1 atom stereocenters. The molecule has 0 unspecified atom stereocenters. The van der Waals surface area contributed by atoms with Crippen LogP contribution >= 0.6 is 0 Å². The predicted octanol–water partition coefficient (Wildman–Crippen LogP) is 3.69. The zero-order valence-corrected chi connectivity index (χ0v) is 15.4. The van der Waals surface area contributed by atoms with E-state index in [0.717, 1.165) is 62.1 Å². The van der Waals surface area contributed by atoms with Gasteiger partial charge in [0.1, 0.15) is 5.75 Å². The van der Waals surface area contributed by atoms with Gasteiger partial charge in [-0.1, -0.05) is 6.07 Å². The molecular formula is C22H26N2O2. The van der Waals surface area contributed by atoms with Gasteiger partial charge in [0, 0.05) is 24.5 Å². The van der Waals surface area contributed by atoms with Gasteiger partial charge in [-0.15, -0.1) is 0 Å². The number of aryl methyl sites for hydroxylation is 1. The fraction of sp³-hybridized carbons (Fsp3) is 0.455. The van der Waals surface area contributed by atoms with Gasteiger partial charge in [0.2, 0.25) is 0 Å². The van der Waals surface area contributed by atoms with Crippen LogP contribution in [0.5, 0.6) is 5.75 Å². The summed E-state index contributed by atoms with van der Waals surface area (Å²) in [5.74, 6) is 1.15. The number of Topliss-reactive ketones (excluding diaryl/α,β-unsaturated/α-hetero) is 1. The van der Waals surface area contributed by atoms with Gasteiger partial charge in [-0.3, -0.25) is 14.7 Å². The number of rotatable bonds is 4. The Morgan fingerprint density at radius 2 is 2.15 bits per heavy atom. The van der Waals surface area contributed by atoms with Gasteiger partial charge in [0.15, 0.2) is 5.78 Å². The van der Waals surface area contributed by atoms with E-state index in [9.17, 15) is 4.79 Å². The number of aromatic nitrogens is 1. The van der Waals surface area contributed by atoms with Crippen LogP contribution in [-0.4, -0.2) is 41.4 Å². The number of hydrogen-bond donors (Lipinski definition) is 0. The zero-order valence-electron chi connectivity index (χ0n) is 15.4. The third-order valence-electron chi connectivity index (χ3n) is 6.05. The van der Waals surface area contributed by atoms with E-state index >= 15 is 0 Å². The normalized spacial score (nSPS) is 23.0. The standard InChI is InChI=1S/C22H26N2O2/c1-26-19-6-7-20-18(15-19)8-11-22(21(20)25)10-2-3-13-24(22)14-9-17-5-4-12-23-16-17/h4-7,12,15-16H,2-3,8-11,13-14H2,1H3/t22-/m0/s1. The maximum Gasteiger partial charge on any atom is 0.183 e. The molecule has 0 amide bonds. The van der Waals surface area contributed by atoms with E-state index < -0.39 is 0 Å². The number of ether oxygens (including phenoxy) is 1. The molecule has 1 aromatic heterocycles. The lowest BCUT2D eigenvalue weighted by Crippen LogP contribution is -2.59. The van der Waals surface area contributed by atoms with E-state index in [2.05, 4.69) is 16.0 Å². The van der Waals surface area contributed by atoms with E-state index in [1.54, 1.807) is 7.11 Å². The number of nitrogens with zero attached hydrogens (tertiary/aromatic N) is 2. The first-order chi connectivity index (χ1) is 12.7. The van der Waals surface area contributed by atoms with E-state index in [1.807, 2.05) is 36.7 Å². The Labute approximate surface area is 155 Å². The Morgan fingerprint density at radius 3 is 2.96 bits per heavy atom. The summed E-state index contributed by atoms with van der Waals surface area (Å²) in [6, 6.07) is 10.0. The Hall–Kier alpha value is -2.20. The summed E-state index contributed by atoms with van der Waals surface area (Å²) in [5, 5.41) is 0. The summed E-state index contributed by atoms with van der Waals surface area (Å²) in [7, 11) is 1.68. The quantitative estimate of drug-likeness (QED) is 0.843. The van der Waals surface area contributed by atoms with Crippen LogP contribution in [-0.2, 0) is 12.8 Å². The molecule has 4 rings (SSSR count). The number of ketones is 1. The van der Waals surface area contributed by atoms with Crippen molar-refractivity contribution in [1.29, 1.82) is 0 Å². The predicted molar refractivity (Wildman–Crippen MR) is 102 cm³/mol. The van der Waals surface area contributed by atoms with Gasteiger partial charge in [0.25, 0.3) is 0 Å². The van der Waals surface area contributed by atoms with Crippen molar-refractivity contribution in [2.24, 2.45) is 0 Å². The lowest BCUT2D eigenvalue weighted by atomic mass is 9.71. The van der Waals surface area contributed by atoms with Gasteiger partial charge in [-0.05, 0) is 80.5 Å². The van der Waals surface area contributed by atoms with Crippen molar-refractivity contribution < 1.29 is 9.53 Å². The number of hydrogen-bond acceptors (Lipinski definition) is 4. The Bertz CT molecular complexity index is 790. The molecular weight excluding hydrogens is 324 g/mol. The number of carbonyl (C=O) groups excluding carboxylic acids is 1. The van der Waals surface area contributed by atoms with Crippen molar-refractivity contribution in [3.8, 4) is 5.75 Å². The maximum absolute atomic E-state index is 13.5. The van der Waals surface area contributed by atoms with Crippen LogP contribution in [0.1, 0.15) is 47.2 Å². The molecule has 4 heteroatoms. The van der Waals surface area contributed by atoms with Crippen LogP contribution in [0.3, 0.4) is 0 Å². The van der Waals surface area contributed by atoms with E-state index in [1.165, 1.54) is 12.0 Å². The minimum atomic E-state index is -0.317. The van der Waals surface area contributed by atoms with E-state index in [4.69, 9.17) is 4.74 Å². The molecule has 1 aromatic carbocycles. The number of methoxy groups -OCH3 is 1. The molecule has 1 saturated heterocycles. The number of fused-ring (bicyclic) bond motifs is 1. The van der Waals surface area contributed by atoms with Gasteiger partial charge < -0.3 is 4.74 Å². The zero-order chi connectivity index (χ0) is 18.0. The molecule has 0 saturated carbocycles. The molecule has 2 aliphatic rings. The minimum Gasteiger partial charge on any atom is -0.497 e. The van der Waals surface area contributed by atoms with Crippen LogP contribution < -0.4 is 4.74 Å². The number of benzene rings is 1. The molecule has 1 aliphatic carbocycles. The van der Waals surface area contributed by atoms with Crippen LogP contribution in [0.15, 0.2) is 42.7 Å². The van der Waals surface area contributed by atoms with Gasteiger partial charge >= 0.3 is 0 Å². The minimum absolute atomic E-state index is 0.312. The maximum atomic E-state index is 13.5. The van der Waals surface area contributed by atoms with Crippen molar-refractivity contribution in [3.63, 3.8) is 0 Å². The smallest absolute Gasteiger partial charge is 0.183 e. The third-order valence-corrected chi connectivity index (χ3v) is 6.05. The first-order valence-electron chi connectivity index (χ1n) is 9.59. The molecule has 1 spiro atoms. The number of likely N-dealkylation sites (tertiary alicyclic amines) is 1. The second-order valence-corrected chi connectivity index (χ2v) is 7.44. The molecule has 2 heterocycles. The topological polar surface area (TPSA) is 42.4 Å². The number of carbonyl (C=O) groups is 1. The molecule has 0 N–H and O–H groups in total. The molecule has 26 heavy (non-hydrogen) atoms. The number of pyridine rings is 1. The summed E-state index contributed by atoms with van der Waals surface area (Å²) >= 11 is 0. The molecule has 4 nitrogen and oxygen atoms in total. The highest BCUT2D eigenvalue weighted by molar-refractivity contribution is 6.05. The van der Waals surface area contributed by atoms with Crippen molar-refractivity contribution >= 4 is 5.78 Å². The first kappa shape index (κ1) is 17.2. The summed E-state index contributed by atoms with van der Waals surface area (Å²) in [4.78, 5) is 20.2. The van der Waals surface area contributed by atoms with Crippen LogP contribution in [0.2, 0.25) is 0 Å². The molecule has 0 bridgehead atoms. The van der Waals surface area contributed by atoms with E-state index in [-0.39, 0.29) is 5.54 Å². The summed E-state index contributed by atoms with van der Waals surface area (Å²) in [6.45, 7) is 1.93.